The largest absolute Gasteiger partial charge is 0.491 e. The minimum Gasteiger partial charge on any atom is -0.491 e. The number of aliphatic hydroxyl groups excluding tert-OH is 1. The van der Waals surface area contributed by atoms with E-state index in [0.717, 1.165) is 37.5 Å². The fourth-order valence-electron chi connectivity index (χ4n) is 2.97. The summed E-state index contributed by atoms with van der Waals surface area (Å²) in [6.45, 7) is 0.356. The van der Waals surface area contributed by atoms with Gasteiger partial charge in [0.05, 0.1) is 0 Å². The second-order valence-corrected chi connectivity index (χ2v) is 7.35. The highest BCUT2D eigenvalue weighted by atomic mass is 79.9. The molecule has 4 heteroatoms. The monoisotopic (exact) mass is 422 g/mol. The molecule has 0 heterocycles. The van der Waals surface area contributed by atoms with Gasteiger partial charge in [0.1, 0.15) is 30.8 Å². The third-order valence-corrected chi connectivity index (χ3v) is 4.87. The maximum Gasteiger partial charge on any atom is 0.122 e. The quantitative estimate of drug-likeness (QED) is 0.441. The molecule has 0 saturated carbocycles. The Labute approximate surface area is 166 Å². The molecule has 0 bridgehead atoms. The highest BCUT2D eigenvalue weighted by Gasteiger charge is 2.08. The Morgan fingerprint density at radius 2 is 1.19 bits per heavy atom. The van der Waals surface area contributed by atoms with Crippen molar-refractivity contribution in [2.24, 2.45) is 0 Å². The third kappa shape index (κ3) is 4.41. The van der Waals surface area contributed by atoms with Crippen molar-refractivity contribution in [1.82, 2.24) is 0 Å². The van der Waals surface area contributed by atoms with E-state index < -0.39 is 6.10 Å². The molecule has 4 aromatic carbocycles. The van der Waals surface area contributed by atoms with Crippen molar-refractivity contribution in [3.8, 4) is 11.5 Å². The molecule has 136 valence electrons. The molecule has 0 aliphatic carbocycles. The topological polar surface area (TPSA) is 38.7 Å². The summed E-state index contributed by atoms with van der Waals surface area (Å²) < 4.78 is 12.5. The van der Waals surface area contributed by atoms with Gasteiger partial charge in [-0.2, -0.15) is 0 Å². The Balaban J connectivity index is 1.33. The Morgan fingerprint density at radius 3 is 1.89 bits per heavy atom. The zero-order chi connectivity index (χ0) is 18.6. The second kappa shape index (κ2) is 7.99. The van der Waals surface area contributed by atoms with Crippen LogP contribution >= 0.6 is 15.9 Å². The highest BCUT2D eigenvalue weighted by molar-refractivity contribution is 9.10. The van der Waals surface area contributed by atoms with Crippen LogP contribution in [0.15, 0.2) is 83.3 Å². The van der Waals surface area contributed by atoms with Gasteiger partial charge in [-0.05, 0) is 57.9 Å². The Morgan fingerprint density at radius 1 is 0.667 bits per heavy atom. The second-order valence-electron chi connectivity index (χ2n) is 6.44. The number of aliphatic hydroxyl groups is 1. The summed E-state index contributed by atoms with van der Waals surface area (Å²) >= 11 is 3.47. The van der Waals surface area contributed by atoms with Crippen LogP contribution in [-0.2, 0) is 0 Å². The van der Waals surface area contributed by atoms with E-state index in [-0.39, 0.29) is 13.2 Å². The summed E-state index contributed by atoms with van der Waals surface area (Å²) in [5, 5.41) is 14.7. The van der Waals surface area contributed by atoms with Crippen molar-refractivity contribution in [2.45, 2.75) is 6.10 Å². The Hall–Kier alpha value is -2.56. The van der Waals surface area contributed by atoms with Crippen LogP contribution in [0.4, 0.5) is 0 Å². The molecule has 0 aliphatic rings. The van der Waals surface area contributed by atoms with E-state index in [9.17, 15) is 5.11 Å². The zero-order valence-electron chi connectivity index (χ0n) is 14.6. The first-order valence-corrected chi connectivity index (χ1v) is 9.58. The van der Waals surface area contributed by atoms with E-state index in [2.05, 4.69) is 28.1 Å². The van der Waals surface area contributed by atoms with Crippen LogP contribution < -0.4 is 9.47 Å². The Kier molecular flexibility index (Phi) is 5.28. The van der Waals surface area contributed by atoms with Gasteiger partial charge in [0.15, 0.2) is 0 Å². The van der Waals surface area contributed by atoms with Gasteiger partial charge in [0.2, 0.25) is 0 Å². The molecule has 1 N–H and O–H groups in total. The summed E-state index contributed by atoms with van der Waals surface area (Å²) in [6.07, 6.45) is -0.711. The van der Waals surface area contributed by atoms with Crippen molar-refractivity contribution in [3.05, 3.63) is 83.3 Å². The molecular weight excluding hydrogens is 404 g/mol. The maximum absolute atomic E-state index is 10.2. The van der Waals surface area contributed by atoms with Crippen molar-refractivity contribution in [1.29, 1.82) is 0 Å². The van der Waals surface area contributed by atoms with Gasteiger partial charge in [-0.3, -0.25) is 0 Å². The molecule has 4 aromatic rings. The van der Waals surface area contributed by atoms with Crippen LogP contribution in [-0.4, -0.2) is 24.4 Å². The number of benzene rings is 4. The molecular formula is C23H19BrO3. The number of rotatable bonds is 6. The van der Waals surface area contributed by atoms with Gasteiger partial charge in [-0.1, -0.05) is 58.4 Å². The van der Waals surface area contributed by atoms with Crippen LogP contribution in [0.5, 0.6) is 11.5 Å². The van der Waals surface area contributed by atoms with E-state index >= 15 is 0 Å². The number of fused-ring (bicyclic) bond motifs is 2. The molecule has 0 radical (unpaired) electrons. The first kappa shape index (κ1) is 17.8. The molecule has 0 fully saturated rings. The van der Waals surface area contributed by atoms with E-state index in [4.69, 9.17) is 9.47 Å². The third-order valence-electron chi connectivity index (χ3n) is 4.38. The molecule has 3 nitrogen and oxygen atoms in total. The van der Waals surface area contributed by atoms with Crippen LogP contribution in [0.25, 0.3) is 21.5 Å². The maximum atomic E-state index is 10.2. The van der Waals surface area contributed by atoms with E-state index in [1.54, 1.807) is 0 Å². The molecule has 1 atom stereocenters. The average molecular weight is 423 g/mol. The lowest BCUT2D eigenvalue weighted by Crippen LogP contribution is -2.25. The lowest BCUT2D eigenvalue weighted by Gasteiger charge is -2.14. The minimum absolute atomic E-state index is 0.176. The molecule has 0 spiro atoms. The van der Waals surface area contributed by atoms with E-state index in [0.29, 0.717) is 0 Å². The average Bonchev–Trinajstić information content (AvgIpc) is 2.70. The van der Waals surface area contributed by atoms with Crippen LogP contribution in [0.1, 0.15) is 0 Å². The lowest BCUT2D eigenvalue weighted by atomic mass is 10.1. The predicted molar refractivity (Wildman–Crippen MR) is 113 cm³/mol. The van der Waals surface area contributed by atoms with Gasteiger partial charge in [0.25, 0.3) is 0 Å². The first-order chi connectivity index (χ1) is 13.2. The molecule has 0 amide bonds. The fourth-order valence-corrected chi connectivity index (χ4v) is 3.35. The van der Waals surface area contributed by atoms with Crippen molar-refractivity contribution < 1.29 is 14.6 Å². The summed E-state index contributed by atoms with van der Waals surface area (Å²) in [6, 6.07) is 26.0. The van der Waals surface area contributed by atoms with Gasteiger partial charge >= 0.3 is 0 Å². The van der Waals surface area contributed by atoms with E-state index in [1.165, 1.54) is 0 Å². The smallest absolute Gasteiger partial charge is 0.122 e. The predicted octanol–water partition coefficient (Wildman–Crippen LogP) is 5.57. The van der Waals surface area contributed by atoms with Crippen LogP contribution in [0.3, 0.4) is 0 Å². The van der Waals surface area contributed by atoms with Gasteiger partial charge in [0, 0.05) is 4.47 Å². The molecule has 0 aromatic heterocycles. The minimum atomic E-state index is -0.711. The summed E-state index contributed by atoms with van der Waals surface area (Å²) in [5.74, 6) is 1.47. The number of hydrogen-bond acceptors (Lipinski definition) is 3. The fraction of sp³-hybridized carbons (Fsp3) is 0.130. The number of ether oxygens (including phenoxy) is 2. The molecule has 0 saturated heterocycles. The molecule has 0 aliphatic heterocycles. The summed E-state index contributed by atoms with van der Waals surface area (Å²) in [4.78, 5) is 0. The number of halogens is 1. The van der Waals surface area contributed by atoms with Gasteiger partial charge < -0.3 is 14.6 Å². The van der Waals surface area contributed by atoms with Crippen LogP contribution in [0, 0.1) is 0 Å². The Bertz CT molecular complexity index is 1080. The van der Waals surface area contributed by atoms with Gasteiger partial charge in [-0.25, -0.2) is 0 Å². The number of hydrogen-bond donors (Lipinski definition) is 1. The molecule has 4 rings (SSSR count). The molecule has 27 heavy (non-hydrogen) atoms. The van der Waals surface area contributed by atoms with Crippen LogP contribution in [0.2, 0.25) is 0 Å². The first-order valence-electron chi connectivity index (χ1n) is 8.79. The standard InChI is InChI=1S/C23H19BrO3/c24-20-8-5-19-13-23(10-7-18(19)11-20)27-15-21(25)14-26-22-9-6-16-3-1-2-4-17(16)12-22/h1-13,21,25H,14-15H2. The lowest BCUT2D eigenvalue weighted by molar-refractivity contribution is 0.0627. The molecule has 1 unspecified atom stereocenters. The van der Waals surface area contributed by atoms with Crippen molar-refractivity contribution >= 4 is 37.5 Å². The zero-order valence-corrected chi connectivity index (χ0v) is 16.2. The van der Waals surface area contributed by atoms with Crippen molar-refractivity contribution in [2.75, 3.05) is 13.2 Å². The van der Waals surface area contributed by atoms with Crippen molar-refractivity contribution in [3.63, 3.8) is 0 Å². The normalized spacial score (nSPS) is 12.2. The van der Waals surface area contributed by atoms with E-state index in [1.807, 2.05) is 66.7 Å². The summed E-state index contributed by atoms with van der Waals surface area (Å²) in [5.41, 5.74) is 0. The SMILES string of the molecule is OC(COc1ccc2ccccc2c1)COc1ccc2cc(Br)ccc2c1. The highest BCUT2D eigenvalue weighted by Crippen LogP contribution is 2.24. The summed E-state index contributed by atoms with van der Waals surface area (Å²) in [7, 11) is 0. The van der Waals surface area contributed by atoms with Gasteiger partial charge in [-0.15, -0.1) is 0 Å².